The average Bonchev–Trinajstić information content (AvgIpc) is 2.42. The second kappa shape index (κ2) is 18.3. The smallest absolute Gasteiger partial charge is 0 e. The van der Waals surface area contributed by atoms with Crippen molar-refractivity contribution in [2.45, 2.75) is 77.6 Å². The molecule has 1 aromatic rings. The van der Waals surface area contributed by atoms with Gasteiger partial charge in [-0.25, -0.2) is 0 Å². The fraction of sp³-hybridized carbons (Fsp3) is 0.667. The Bertz CT molecular complexity index is 272. The van der Waals surface area contributed by atoms with E-state index in [0.29, 0.717) is 0 Å². The van der Waals surface area contributed by atoms with Crippen molar-refractivity contribution in [3.63, 3.8) is 0 Å². The number of hydrogen-bond donors (Lipinski definition) is 0. The fourth-order valence-electron chi connectivity index (χ4n) is 2.46. The number of rotatable bonds is 11. The first-order valence-electron chi connectivity index (χ1n) is 7.97. The van der Waals surface area contributed by atoms with Crippen molar-refractivity contribution in [2.24, 2.45) is 0 Å². The summed E-state index contributed by atoms with van der Waals surface area (Å²) in [6, 6.07) is 10.9. The molecule has 0 aromatic heterocycles. The van der Waals surface area contributed by atoms with Crippen molar-refractivity contribution in [3.05, 3.63) is 35.9 Å². The first-order chi connectivity index (χ1) is 8.93. The van der Waals surface area contributed by atoms with Crippen LogP contribution in [0.25, 0.3) is 0 Å². The molecule has 20 heavy (non-hydrogen) atoms. The van der Waals surface area contributed by atoms with E-state index in [1.54, 1.807) is 0 Å². The molecule has 0 atom stereocenters. The SMILES string of the molecule is CCCCCCCCCCCCc1ccccc1.[Na].[Na]. The molecule has 0 aliphatic rings. The Morgan fingerprint density at radius 3 is 1.55 bits per heavy atom. The molecule has 0 aliphatic carbocycles. The molecule has 1 rings (SSSR count). The summed E-state index contributed by atoms with van der Waals surface area (Å²) in [6.45, 7) is 2.28. The van der Waals surface area contributed by atoms with E-state index in [2.05, 4.69) is 37.3 Å². The van der Waals surface area contributed by atoms with Gasteiger partial charge in [0, 0.05) is 59.1 Å². The van der Waals surface area contributed by atoms with E-state index in [0.717, 1.165) is 0 Å². The minimum Gasteiger partial charge on any atom is -0.0654 e. The maximum Gasteiger partial charge on any atom is 0 e. The molecule has 1 aromatic carbocycles. The van der Waals surface area contributed by atoms with Gasteiger partial charge in [0.15, 0.2) is 0 Å². The second-order valence-electron chi connectivity index (χ2n) is 5.42. The summed E-state index contributed by atoms with van der Waals surface area (Å²) in [5.74, 6) is 0. The van der Waals surface area contributed by atoms with Crippen LogP contribution < -0.4 is 0 Å². The monoisotopic (exact) mass is 292 g/mol. The zero-order valence-electron chi connectivity index (χ0n) is 14.2. The van der Waals surface area contributed by atoms with Crippen LogP contribution in [-0.4, -0.2) is 59.1 Å². The van der Waals surface area contributed by atoms with Gasteiger partial charge in [0.25, 0.3) is 0 Å². The second-order valence-corrected chi connectivity index (χ2v) is 5.42. The quantitative estimate of drug-likeness (QED) is 0.379. The summed E-state index contributed by atoms with van der Waals surface area (Å²) in [5, 5.41) is 0. The Morgan fingerprint density at radius 1 is 0.600 bits per heavy atom. The predicted octanol–water partition coefficient (Wildman–Crippen LogP) is 5.39. The maximum absolute atomic E-state index is 2.28. The standard InChI is InChI=1S/C18H30.2Na/c1-2-3-4-5-6-7-8-9-10-12-15-18-16-13-11-14-17-18;;/h11,13-14,16-17H,2-10,12,15H2,1H3;;. The average molecular weight is 292 g/mol. The summed E-state index contributed by atoms with van der Waals surface area (Å²) in [5.41, 5.74) is 1.50. The third kappa shape index (κ3) is 14.2. The Balaban J connectivity index is 0. The van der Waals surface area contributed by atoms with Gasteiger partial charge in [-0.2, -0.15) is 0 Å². The molecule has 0 heterocycles. The van der Waals surface area contributed by atoms with E-state index in [1.807, 2.05) is 0 Å². The first-order valence-corrected chi connectivity index (χ1v) is 7.97. The van der Waals surface area contributed by atoms with Crippen molar-refractivity contribution < 1.29 is 0 Å². The van der Waals surface area contributed by atoms with Crippen molar-refractivity contribution in [2.75, 3.05) is 0 Å². The molecular weight excluding hydrogens is 262 g/mol. The number of unbranched alkanes of at least 4 members (excludes halogenated alkanes) is 9. The van der Waals surface area contributed by atoms with Gasteiger partial charge >= 0.3 is 0 Å². The van der Waals surface area contributed by atoms with Crippen LogP contribution in [0.5, 0.6) is 0 Å². The molecule has 0 saturated carbocycles. The maximum atomic E-state index is 2.28. The van der Waals surface area contributed by atoms with Gasteiger partial charge in [-0.05, 0) is 18.4 Å². The van der Waals surface area contributed by atoms with Crippen molar-refractivity contribution >= 4 is 59.1 Å². The van der Waals surface area contributed by atoms with Crippen molar-refractivity contribution in [1.82, 2.24) is 0 Å². The van der Waals surface area contributed by atoms with E-state index in [9.17, 15) is 0 Å². The molecule has 0 nitrogen and oxygen atoms in total. The molecule has 0 fully saturated rings. The molecule has 104 valence electrons. The van der Waals surface area contributed by atoms with E-state index in [4.69, 9.17) is 0 Å². The topological polar surface area (TPSA) is 0 Å². The fourth-order valence-corrected chi connectivity index (χ4v) is 2.46. The Kier molecular flexibility index (Phi) is 21.5. The largest absolute Gasteiger partial charge is 0.0654 e. The van der Waals surface area contributed by atoms with Crippen LogP contribution >= 0.6 is 0 Å². The molecule has 0 saturated heterocycles. The van der Waals surface area contributed by atoms with Gasteiger partial charge in [-0.1, -0.05) is 95.0 Å². The summed E-state index contributed by atoms with van der Waals surface area (Å²) in [7, 11) is 0. The number of aryl methyl sites for hydroxylation is 1. The summed E-state index contributed by atoms with van der Waals surface area (Å²) >= 11 is 0. The van der Waals surface area contributed by atoms with E-state index >= 15 is 0 Å². The predicted molar refractivity (Wildman–Crippen MR) is 93.5 cm³/mol. The van der Waals surface area contributed by atoms with Gasteiger partial charge < -0.3 is 0 Å². The van der Waals surface area contributed by atoms with Crippen LogP contribution in [0, 0.1) is 0 Å². The first kappa shape index (κ1) is 23.5. The van der Waals surface area contributed by atoms with Gasteiger partial charge in [0.2, 0.25) is 0 Å². The van der Waals surface area contributed by atoms with Gasteiger partial charge in [0.1, 0.15) is 0 Å². The van der Waals surface area contributed by atoms with Crippen LogP contribution in [0.1, 0.15) is 76.7 Å². The van der Waals surface area contributed by atoms with E-state index in [-0.39, 0.29) is 59.1 Å². The van der Waals surface area contributed by atoms with E-state index < -0.39 is 0 Å². The van der Waals surface area contributed by atoms with E-state index in [1.165, 1.54) is 76.2 Å². The minimum absolute atomic E-state index is 0. The van der Waals surface area contributed by atoms with Crippen molar-refractivity contribution in [3.8, 4) is 0 Å². The third-order valence-corrected chi connectivity index (χ3v) is 3.66. The number of hydrogen-bond acceptors (Lipinski definition) is 0. The van der Waals surface area contributed by atoms with Crippen LogP contribution in [0.4, 0.5) is 0 Å². The number of benzene rings is 1. The molecule has 0 spiro atoms. The normalized spacial score (nSPS) is 9.65. The Labute approximate surface area is 171 Å². The summed E-state index contributed by atoms with van der Waals surface area (Å²) < 4.78 is 0. The zero-order chi connectivity index (χ0) is 12.9. The van der Waals surface area contributed by atoms with Gasteiger partial charge in [-0.3, -0.25) is 0 Å². The molecule has 0 bridgehead atoms. The molecular formula is C18H30Na2. The Hall–Kier alpha value is 1.22. The summed E-state index contributed by atoms with van der Waals surface area (Å²) in [6.07, 6.45) is 15.5. The van der Waals surface area contributed by atoms with Gasteiger partial charge in [0.05, 0.1) is 0 Å². The molecule has 2 radical (unpaired) electrons. The summed E-state index contributed by atoms with van der Waals surface area (Å²) in [4.78, 5) is 0. The van der Waals surface area contributed by atoms with Crippen LogP contribution in [0.15, 0.2) is 30.3 Å². The van der Waals surface area contributed by atoms with Crippen molar-refractivity contribution in [1.29, 1.82) is 0 Å². The zero-order valence-corrected chi connectivity index (χ0v) is 18.2. The third-order valence-electron chi connectivity index (χ3n) is 3.66. The van der Waals surface area contributed by atoms with Crippen LogP contribution in [0.2, 0.25) is 0 Å². The van der Waals surface area contributed by atoms with Crippen LogP contribution in [0.3, 0.4) is 0 Å². The van der Waals surface area contributed by atoms with Crippen LogP contribution in [-0.2, 0) is 6.42 Å². The minimum atomic E-state index is 0. The molecule has 2 heteroatoms. The molecule has 0 unspecified atom stereocenters. The van der Waals surface area contributed by atoms with Gasteiger partial charge in [-0.15, -0.1) is 0 Å². The Morgan fingerprint density at radius 2 is 1.05 bits per heavy atom. The molecule has 0 aliphatic heterocycles. The molecule has 0 amide bonds. The molecule has 0 N–H and O–H groups in total.